The first-order chi connectivity index (χ1) is 26.0. The molecule has 7 rings (SSSR count). The average Bonchev–Trinajstić information content (AvgIpc) is 3.19. The predicted molar refractivity (Wildman–Crippen MR) is 217 cm³/mol. The molecule has 9 heteroatoms. The van der Waals surface area contributed by atoms with E-state index in [1.807, 2.05) is 18.3 Å². The van der Waals surface area contributed by atoms with E-state index < -0.39 is 0 Å². The van der Waals surface area contributed by atoms with Crippen molar-refractivity contribution in [2.24, 2.45) is 0 Å². The first kappa shape index (κ1) is 36.7. The Kier molecular flexibility index (Phi) is 11.8. The first-order valence-electron chi connectivity index (χ1n) is 18.7. The van der Waals surface area contributed by atoms with Gasteiger partial charge in [-0.15, -0.1) is 11.8 Å². The van der Waals surface area contributed by atoms with Crippen LogP contribution in [0.25, 0.3) is 17.0 Å². The fraction of sp³-hybridized carbons (Fsp3) is 0.386. The Labute approximate surface area is 319 Å². The van der Waals surface area contributed by atoms with Crippen LogP contribution in [-0.4, -0.2) is 76.8 Å². The van der Waals surface area contributed by atoms with E-state index in [1.54, 1.807) is 40.2 Å². The summed E-state index contributed by atoms with van der Waals surface area (Å²) in [6.07, 6.45) is 14.6. The van der Waals surface area contributed by atoms with Gasteiger partial charge in [-0.3, -0.25) is 9.88 Å². The SMILES string of the molecule is COc1cc(-c2cc(CN3CCC(N(CC4=CC=C(c5cc(OC)c(OC)c(OC)c5)NC4)c4cccc(SC)c4)CC3)ccn2)cc(C2CCC2)c1. The molecule has 278 valence electrons. The lowest BCUT2D eigenvalue weighted by molar-refractivity contribution is 0.202. The van der Waals surface area contributed by atoms with E-state index in [1.165, 1.54) is 46.5 Å². The molecule has 2 fully saturated rings. The molecular formula is C44H52N4O4S. The number of allylic oxidation sites excluding steroid dienone is 2. The van der Waals surface area contributed by atoms with Gasteiger partial charge in [-0.25, -0.2) is 0 Å². The highest BCUT2D eigenvalue weighted by Gasteiger charge is 2.27. The summed E-state index contributed by atoms with van der Waals surface area (Å²) in [6.45, 7) is 4.65. The quantitative estimate of drug-likeness (QED) is 0.128. The maximum Gasteiger partial charge on any atom is 0.203 e. The van der Waals surface area contributed by atoms with Crippen molar-refractivity contribution < 1.29 is 18.9 Å². The Balaban J connectivity index is 1.05. The van der Waals surface area contributed by atoms with Crippen molar-refractivity contribution in [1.29, 1.82) is 0 Å². The number of pyridine rings is 1. The van der Waals surface area contributed by atoms with Crippen molar-refractivity contribution in [2.75, 3.05) is 65.8 Å². The molecule has 0 amide bonds. The third-order valence-electron chi connectivity index (χ3n) is 11.0. The number of likely N-dealkylation sites (tertiary alicyclic amines) is 1. The van der Waals surface area contributed by atoms with Gasteiger partial charge in [0.15, 0.2) is 11.5 Å². The van der Waals surface area contributed by atoms with E-state index in [0.717, 1.165) is 73.8 Å². The van der Waals surface area contributed by atoms with Crippen molar-refractivity contribution >= 4 is 23.1 Å². The number of ether oxygens (including phenoxy) is 4. The Morgan fingerprint density at radius 2 is 1.62 bits per heavy atom. The van der Waals surface area contributed by atoms with Gasteiger partial charge >= 0.3 is 0 Å². The summed E-state index contributed by atoms with van der Waals surface area (Å²) in [6, 6.07) is 24.5. The molecule has 3 heterocycles. The van der Waals surface area contributed by atoms with Crippen LogP contribution in [0.4, 0.5) is 5.69 Å². The maximum absolute atomic E-state index is 5.69. The molecule has 1 saturated carbocycles. The predicted octanol–water partition coefficient (Wildman–Crippen LogP) is 8.81. The van der Waals surface area contributed by atoms with Gasteiger partial charge in [-0.2, -0.15) is 0 Å². The standard InChI is InChI=1S/C44H52N4O4S/c1-49-38-22-33(32-8-6-9-32)21-34(23-38)41-20-30(14-17-45-41)28-47-18-15-36(16-19-47)48(37-10-7-11-39(26-37)53-5)29-31-12-13-40(46-27-31)35-24-42(50-2)44(52-4)43(25-35)51-3/h7,10-14,17,20-26,32,36,46H,6,8-9,15-16,18-19,27-29H2,1-5H3. The number of hydrogen-bond donors (Lipinski definition) is 1. The number of nitrogens with zero attached hydrogens (tertiary/aromatic N) is 3. The summed E-state index contributed by atoms with van der Waals surface area (Å²) < 4.78 is 22.5. The second kappa shape index (κ2) is 17.0. The van der Waals surface area contributed by atoms with Crippen molar-refractivity contribution in [3.05, 3.63) is 107 Å². The molecule has 3 aromatic carbocycles. The third-order valence-corrected chi connectivity index (χ3v) is 11.7. The molecule has 4 aromatic rings. The summed E-state index contributed by atoms with van der Waals surface area (Å²) in [5, 5.41) is 3.67. The minimum absolute atomic E-state index is 0.444. The Hall–Kier alpha value is -4.60. The highest BCUT2D eigenvalue weighted by molar-refractivity contribution is 7.98. The second-order valence-corrected chi connectivity index (χ2v) is 15.1. The molecule has 1 saturated heterocycles. The highest BCUT2D eigenvalue weighted by atomic mass is 32.2. The summed E-state index contributed by atoms with van der Waals surface area (Å²) >= 11 is 1.80. The molecule has 2 aliphatic heterocycles. The molecule has 1 N–H and O–H groups in total. The molecule has 1 aliphatic carbocycles. The minimum Gasteiger partial charge on any atom is -0.497 e. The molecule has 53 heavy (non-hydrogen) atoms. The largest absolute Gasteiger partial charge is 0.497 e. The fourth-order valence-electron chi connectivity index (χ4n) is 7.75. The third kappa shape index (κ3) is 8.47. The molecule has 0 spiro atoms. The lowest BCUT2D eigenvalue weighted by Gasteiger charge is -2.40. The number of thioether (sulfide) groups is 1. The molecular weight excluding hydrogens is 681 g/mol. The van der Waals surface area contributed by atoms with Crippen LogP contribution in [-0.2, 0) is 6.54 Å². The monoisotopic (exact) mass is 732 g/mol. The van der Waals surface area contributed by atoms with Gasteiger partial charge in [0.2, 0.25) is 5.75 Å². The topological polar surface area (TPSA) is 68.3 Å². The molecule has 0 unspecified atom stereocenters. The van der Waals surface area contributed by atoms with Crippen LogP contribution in [0.1, 0.15) is 54.7 Å². The number of aromatic nitrogens is 1. The van der Waals surface area contributed by atoms with Crippen molar-refractivity contribution in [3.63, 3.8) is 0 Å². The fourth-order valence-corrected chi connectivity index (χ4v) is 8.21. The Bertz CT molecular complexity index is 1920. The van der Waals surface area contributed by atoms with Crippen molar-refractivity contribution in [1.82, 2.24) is 15.2 Å². The minimum atomic E-state index is 0.444. The molecule has 0 atom stereocenters. The number of rotatable bonds is 14. The number of piperidine rings is 1. The van der Waals surface area contributed by atoms with E-state index in [-0.39, 0.29) is 0 Å². The van der Waals surface area contributed by atoms with Crippen molar-refractivity contribution in [2.45, 2.75) is 55.5 Å². The van der Waals surface area contributed by atoms with E-state index >= 15 is 0 Å². The molecule has 1 aromatic heterocycles. The van der Waals surface area contributed by atoms with Crippen LogP contribution >= 0.6 is 11.8 Å². The Morgan fingerprint density at radius 1 is 0.830 bits per heavy atom. The number of anilines is 1. The zero-order valence-electron chi connectivity index (χ0n) is 31.7. The van der Waals surface area contributed by atoms with Crippen molar-refractivity contribution in [3.8, 4) is 34.3 Å². The lowest BCUT2D eigenvalue weighted by atomic mass is 9.79. The van der Waals surface area contributed by atoms with Crippen LogP contribution in [0, 0.1) is 0 Å². The first-order valence-corrected chi connectivity index (χ1v) is 19.9. The van der Waals surface area contributed by atoms with E-state index in [2.05, 4.69) is 88.1 Å². The molecule has 8 nitrogen and oxygen atoms in total. The van der Waals surface area contributed by atoms with E-state index in [4.69, 9.17) is 23.9 Å². The van der Waals surface area contributed by atoms with Gasteiger partial charge in [0, 0.05) is 72.4 Å². The number of methoxy groups -OCH3 is 4. The summed E-state index contributed by atoms with van der Waals surface area (Å²) in [5.41, 5.74) is 9.51. The van der Waals surface area contributed by atoms with Gasteiger partial charge in [0.1, 0.15) is 5.75 Å². The molecule has 0 radical (unpaired) electrons. The summed E-state index contributed by atoms with van der Waals surface area (Å²) in [5.74, 6) is 3.44. The van der Waals surface area contributed by atoms with Gasteiger partial charge in [0.05, 0.1) is 34.1 Å². The van der Waals surface area contributed by atoms with E-state index in [0.29, 0.717) is 29.2 Å². The van der Waals surface area contributed by atoms with Gasteiger partial charge in [0.25, 0.3) is 0 Å². The molecule has 0 bridgehead atoms. The van der Waals surface area contributed by atoms with Crippen LogP contribution < -0.4 is 29.2 Å². The summed E-state index contributed by atoms with van der Waals surface area (Å²) in [7, 11) is 6.68. The van der Waals surface area contributed by atoms with Gasteiger partial charge < -0.3 is 29.2 Å². The number of dihydropyridines is 1. The summed E-state index contributed by atoms with van der Waals surface area (Å²) in [4.78, 5) is 11.3. The van der Waals surface area contributed by atoms with E-state index in [9.17, 15) is 0 Å². The van der Waals surface area contributed by atoms with Crippen LogP contribution in [0.2, 0.25) is 0 Å². The highest BCUT2D eigenvalue weighted by Crippen LogP contribution is 2.41. The number of hydrogen-bond acceptors (Lipinski definition) is 9. The Morgan fingerprint density at radius 3 is 2.26 bits per heavy atom. The zero-order valence-corrected chi connectivity index (χ0v) is 32.5. The normalized spacial score (nSPS) is 16.5. The van der Waals surface area contributed by atoms with Crippen LogP contribution in [0.3, 0.4) is 0 Å². The molecule has 3 aliphatic rings. The smallest absolute Gasteiger partial charge is 0.203 e. The lowest BCUT2D eigenvalue weighted by Crippen LogP contribution is -2.46. The van der Waals surface area contributed by atoms with Crippen LogP contribution in [0.15, 0.2) is 95.5 Å². The zero-order chi connectivity index (χ0) is 36.7. The number of nitrogens with one attached hydrogen (secondary N) is 1. The van der Waals surface area contributed by atoms with Gasteiger partial charge in [-0.1, -0.05) is 18.6 Å². The van der Waals surface area contributed by atoms with Crippen LogP contribution in [0.5, 0.6) is 23.0 Å². The van der Waals surface area contributed by atoms with Gasteiger partial charge in [-0.05, 0) is 121 Å². The second-order valence-electron chi connectivity index (χ2n) is 14.2. The number of benzene rings is 3. The average molecular weight is 733 g/mol. The maximum atomic E-state index is 5.69.